The van der Waals surface area contributed by atoms with Crippen LogP contribution in [-0.2, 0) is 4.74 Å². The first kappa shape index (κ1) is 16.2. The van der Waals surface area contributed by atoms with Gasteiger partial charge in [-0.1, -0.05) is 50.1 Å². The van der Waals surface area contributed by atoms with Gasteiger partial charge in [0.2, 0.25) is 0 Å². The zero-order valence-electron chi connectivity index (χ0n) is 12.9. The number of unbranched alkanes of at least 4 members (excludes halogenated alkanes) is 1. The van der Waals surface area contributed by atoms with Crippen LogP contribution in [0.25, 0.3) is 0 Å². The maximum absolute atomic E-state index is 5.13. The summed E-state index contributed by atoms with van der Waals surface area (Å²) in [4.78, 5) is 0. The summed E-state index contributed by atoms with van der Waals surface area (Å²) in [5.41, 5.74) is 2.81. The summed E-state index contributed by atoms with van der Waals surface area (Å²) in [5.74, 6) is 0.610. The molecule has 0 spiro atoms. The smallest absolute Gasteiger partial charge is 0.0462 e. The molecule has 1 aromatic carbocycles. The second kappa shape index (κ2) is 9.11. The molecule has 0 radical (unpaired) electrons. The molecule has 0 saturated heterocycles. The Balaban J connectivity index is 2.57. The zero-order chi connectivity index (χ0) is 14.1. The number of nitrogens with one attached hydrogen (secondary N) is 1. The Labute approximate surface area is 118 Å². The van der Waals surface area contributed by atoms with Crippen molar-refractivity contribution >= 4 is 0 Å². The largest absolute Gasteiger partial charge is 0.385 e. The van der Waals surface area contributed by atoms with Crippen molar-refractivity contribution < 1.29 is 4.74 Å². The molecule has 1 aromatic rings. The van der Waals surface area contributed by atoms with Crippen LogP contribution in [0.3, 0.4) is 0 Å². The van der Waals surface area contributed by atoms with Gasteiger partial charge in [-0.25, -0.2) is 0 Å². The molecule has 0 aliphatic rings. The third kappa shape index (κ3) is 6.74. The van der Waals surface area contributed by atoms with Crippen LogP contribution < -0.4 is 5.32 Å². The molecule has 0 aromatic heterocycles. The standard InChI is InChI=1S/C17H29NO/c1-14(2)18-13-17(9-5-6-11-19-4)16-10-7-8-15(3)12-16/h7-8,10,12,14,17-18H,5-6,9,11,13H2,1-4H3. The van der Waals surface area contributed by atoms with Crippen molar-refractivity contribution in [2.75, 3.05) is 20.3 Å². The number of methoxy groups -OCH3 is 1. The lowest BCUT2D eigenvalue weighted by molar-refractivity contribution is 0.191. The Kier molecular flexibility index (Phi) is 7.76. The van der Waals surface area contributed by atoms with E-state index >= 15 is 0 Å². The maximum Gasteiger partial charge on any atom is 0.0462 e. The average Bonchev–Trinajstić information content (AvgIpc) is 2.37. The first-order chi connectivity index (χ1) is 9.13. The lowest BCUT2D eigenvalue weighted by atomic mass is 9.92. The van der Waals surface area contributed by atoms with E-state index < -0.39 is 0 Å². The minimum atomic E-state index is 0.547. The molecule has 0 amide bonds. The molecule has 2 nitrogen and oxygen atoms in total. The van der Waals surface area contributed by atoms with E-state index in [1.165, 1.54) is 24.0 Å². The second-order valence-corrected chi connectivity index (χ2v) is 5.66. The minimum Gasteiger partial charge on any atom is -0.385 e. The summed E-state index contributed by atoms with van der Waals surface area (Å²) in [6, 6.07) is 9.47. The van der Waals surface area contributed by atoms with Gasteiger partial charge in [-0.3, -0.25) is 0 Å². The fraction of sp³-hybridized carbons (Fsp3) is 0.647. The fourth-order valence-corrected chi connectivity index (χ4v) is 2.33. The Morgan fingerprint density at radius 1 is 1.21 bits per heavy atom. The fourth-order valence-electron chi connectivity index (χ4n) is 2.33. The molecular weight excluding hydrogens is 234 g/mol. The highest BCUT2D eigenvalue weighted by atomic mass is 16.5. The molecule has 0 aliphatic heterocycles. The molecule has 1 rings (SSSR count). The van der Waals surface area contributed by atoms with Gasteiger partial charge in [-0.05, 0) is 31.2 Å². The molecule has 19 heavy (non-hydrogen) atoms. The summed E-state index contributed by atoms with van der Waals surface area (Å²) in [6.07, 6.45) is 3.61. The van der Waals surface area contributed by atoms with Crippen LogP contribution in [0.15, 0.2) is 24.3 Å². The highest BCUT2D eigenvalue weighted by molar-refractivity contribution is 5.25. The Morgan fingerprint density at radius 2 is 2.00 bits per heavy atom. The van der Waals surface area contributed by atoms with E-state index in [0.29, 0.717) is 12.0 Å². The SMILES string of the molecule is COCCCCC(CNC(C)C)c1cccc(C)c1. The average molecular weight is 263 g/mol. The third-order valence-electron chi connectivity index (χ3n) is 3.44. The minimum absolute atomic E-state index is 0.547. The summed E-state index contributed by atoms with van der Waals surface area (Å²) >= 11 is 0. The van der Waals surface area contributed by atoms with E-state index in [1.807, 2.05) is 0 Å². The third-order valence-corrected chi connectivity index (χ3v) is 3.44. The van der Waals surface area contributed by atoms with Crippen molar-refractivity contribution in [2.45, 2.75) is 52.0 Å². The molecule has 0 saturated carbocycles. The normalized spacial score (nSPS) is 12.9. The van der Waals surface area contributed by atoms with E-state index in [4.69, 9.17) is 4.74 Å². The topological polar surface area (TPSA) is 21.3 Å². The van der Waals surface area contributed by atoms with Crippen molar-refractivity contribution in [2.24, 2.45) is 0 Å². The van der Waals surface area contributed by atoms with Crippen molar-refractivity contribution in [3.8, 4) is 0 Å². The van der Waals surface area contributed by atoms with Crippen LogP contribution in [0.1, 0.15) is 50.2 Å². The van der Waals surface area contributed by atoms with Crippen molar-refractivity contribution in [3.05, 3.63) is 35.4 Å². The lowest BCUT2D eigenvalue weighted by Crippen LogP contribution is -2.28. The van der Waals surface area contributed by atoms with E-state index in [1.54, 1.807) is 7.11 Å². The Bertz CT molecular complexity index is 349. The summed E-state index contributed by atoms with van der Waals surface area (Å²) < 4.78 is 5.13. The Morgan fingerprint density at radius 3 is 2.63 bits per heavy atom. The van der Waals surface area contributed by atoms with Gasteiger partial charge in [0, 0.05) is 26.3 Å². The van der Waals surface area contributed by atoms with E-state index in [2.05, 4.69) is 50.4 Å². The monoisotopic (exact) mass is 263 g/mol. The molecule has 0 bridgehead atoms. The summed E-state index contributed by atoms with van der Waals surface area (Å²) in [6.45, 7) is 8.52. The number of aryl methyl sites for hydroxylation is 1. The number of rotatable bonds is 9. The second-order valence-electron chi connectivity index (χ2n) is 5.66. The molecule has 0 heterocycles. The predicted octanol–water partition coefficient (Wildman–Crippen LogP) is 3.89. The van der Waals surface area contributed by atoms with Gasteiger partial charge in [-0.2, -0.15) is 0 Å². The van der Waals surface area contributed by atoms with Gasteiger partial charge in [0.15, 0.2) is 0 Å². The molecule has 0 fully saturated rings. The van der Waals surface area contributed by atoms with Crippen molar-refractivity contribution in [1.29, 1.82) is 0 Å². The molecule has 0 aliphatic carbocycles. The van der Waals surface area contributed by atoms with Gasteiger partial charge >= 0.3 is 0 Å². The number of ether oxygens (including phenoxy) is 1. The van der Waals surface area contributed by atoms with Crippen LogP contribution in [0.2, 0.25) is 0 Å². The van der Waals surface area contributed by atoms with Crippen LogP contribution in [0.4, 0.5) is 0 Å². The van der Waals surface area contributed by atoms with E-state index in [-0.39, 0.29) is 0 Å². The van der Waals surface area contributed by atoms with Crippen LogP contribution in [-0.4, -0.2) is 26.3 Å². The zero-order valence-corrected chi connectivity index (χ0v) is 12.9. The van der Waals surface area contributed by atoms with Crippen LogP contribution in [0, 0.1) is 6.92 Å². The maximum atomic E-state index is 5.13. The van der Waals surface area contributed by atoms with Gasteiger partial charge < -0.3 is 10.1 Å². The molecule has 1 atom stereocenters. The van der Waals surface area contributed by atoms with E-state index in [9.17, 15) is 0 Å². The Hall–Kier alpha value is -0.860. The molecule has 108 valence electrons. The summed E-state index contributed by atoms with van der Waals surface area (Å²) in [7, 11) is 1.78. The molecule has 2 heteroatoms. The van der Waals surface area contributed by atoms with Gasteiger partial charge in [0.25, 0.3) is 0 Å². The highest BCUT2D eigenvalue weighted by Crippen LogP contribution is 2.22. The van der Waals surface area contributed by atoms with Crippen LogP contribution in [0.5, 0.6) is 0 Å². The van der Waals surface area contributed by atoms with Gasteiger partial charge in [-0.15, -0.1) is 0 Å². The summed E-state index contributed by atoms with van der Waals surface area (Å²) in [5, 5.41) is 3.57. The lowest BCUT2D eigenvalue weighted by Gasteiger charge is -2.20. The predicted molar refractivity (Wildman–Crippen MR) is 82.8 cm³/mol. The van der Waals surface area contributed by atoms with Crippen LogP contribution >= 0.6 is 0 Å². The molecule has 1 unspecified atom stereocenters. The van der Waals surface area contributed by atoms with Crippen molar-refractivity contribution in [3.63, 3.8) is 0 Å². The quantitative estimate of drug-likeness (QED) is 0.682. The van der Waals surface area contributed by atoms with E-state index in [0.717, 1.165) is 19.6 Å². The number of hydrogen-bond acceptors (Lipinski definition) is 2. The van der Waals surface area contributed by atoms with Gasteiger partial charge in [0.1, 0.15) is 0 Å². The van der Waals surface area contributed by atoms with Crippen molar-refractivity contribution in [1.82, 2.24) is 5.32 Å². The first-order valence-electron chi connectivity index (χ1n) is 7.42. The van der Waals surface area contributed by atoms with Gasteiger partial charge in [0.05, 0.1) is 0 Å². The first-order valence-corrected chi connectivity index (χ1v) is 7.42. The molecular formula is C17H29NO. The molecule has 1 N–H and O–H groups in total. The number of benzene rings is 1. The number of hydrogen-bond donors (Lipinski definition) is 1. The highest BCUT2D eigenvalue weighted by Gasteiger charge is 2.11.